The van der Waals surface area contributed by atoms with Crippen LogP contribution in [0, 0.1) is 11.8 Å². The second-order valence-electron chi connectivity index (χ2n) is 5.69. The lowest BCUT2D eigenvalue weighted by Gasteiger charge is -2.41. The van der Waals surface area contributed by atoms with E-state index in [0.717, 1.165) is 44.9 Å². The highest BCUT2D eigenvalue weighted by atomic mass is 16.5. The van der Waals surface area contributed by atoms with E-state index in [1.165, 1.54) is 13.5 Å². The maximum Gasteiger partial charge on any atom is 0.311 e. The van der Waals surface area contributed by atoms with Gasteiger partial charge >= 0.3 is 5.97 Å². The highest BCUT2D eigenvalue weighted by molar-refractivity contribution is 5.73. The van der Waals surface area contributed by atoms with E-state index in [1.54, 1.807) is 0 Å². The number of unbranched alkanes of at least 4 members (excludes halogenated alkanes) is 1. The largest absolute Gasteiger partial charge is 0.469 e. The summed E-state index contributed by atoms with van der Waals surface area (Å²) >= 11 is 0. The Morgan fingerprint density at radius 1 is 1.50 bits per heavy atom. The Bertz CT molecular complexity index is 264. The molecule has 0 aromatic heterocycles. The van der Waals surface area contributed by atoms with Gasteiger partial charge in [0.15, 0.2) is 0 Å². The van der Waals surface area contributed by atoms with Crippen LogP contribution >= 0.6 is 0 Å². The molecule has 1 saturated carbocycles. The summed E-state index contributed by atoms with van der Waals surface area (Å²) in [4.78, 5) is 11.9. The fourth-order valence-corrected chi connectivity index (χ4v) is 3.22. The topological polar surface area (TPSA) is 46.5 Å². The summed E-state index contributed by atoms with van der Waals surface area (Å²) < 4.78 is 4.90. The Morgan fingerprint density at radius 3 is 2.78 bits per heavy atom. The molecule has 0 aromatic rings. The van der Waals surface area contributed by atoms with Gasteiger partial charge in [-0.05, 0) is 25.2 Å². The molecule has 1 aliphatic rings. The van der Waals surface area contributed by atoms with Crippen molar-refractivity contribution in [2.24, 2.45) is 11.8 Å². The van der Waals surface area contributed by atoms with Gasteiger partial charge in [0.1, 0.15) is 0 Å². The molecule has 106 valence electrons. The van der Waals surface area contributed by atoms with Crippen molar-refractivity contribution in [1.29, 1.82) is 0 Å². The van der Waals surface area contributed by atoms with Crippen LogP contribution in [-0.2, 0) is 9.53 Å². The number of ether oxygens (including phenoxy) is 1. The van der Waals surface area contributed by atoms with Crippen molar-refractivity contribution in [3.8, 4) is 0 Å². The smallest absolute Gasteiger partial charge is 0.311 e. The maximum atomic E-state index is 11.9. The molecule has 0 aliphatic heterocycles. The Balaban J connectivity index is 2.77. The van der Waals surface area contributed by atoms with E-state index < -0.39 is 5.60 Å². The minimum Gasteiger partial charge on any atom is -0.469 e. The van der Waals surface area contributed by atoms with Gasteiger partial charge in [-0.3, -0.25) is 4.79 Å². The molecule has 1 aliphatic carbocycles. The summed E-state index contributed by atoms with van der Waals surface area (Å²) in [7, 11) is 1.42. The minimum absolute atomic E-state index is 0.234. The van der Waals surface area contributed by atoms with Crippen molar-refractivity contribution in [3.05, 3.63) is 0 Å². The summed E-state index contributed by atoms with van der Waals surface area (Å²) in [5, 5.41) is 10.9. The van der Waals surface area contributed by atoms with Gasteiger partial charge in [-0.2, -0.15) is 0 Å². The highest BCUT2D eigenvalue weighted by Crippen LogP contribution is 2.41. The van der Waals surface area contributed by atoms with Crippen LogP contribution in [0.2, 0.25) is 0 Å². The summed E-state index contributed by atoms with van der Waals surface area (Å²) in [6, 6.07) is 0. The van der Waals surface area contributed by atoms with Crippen LogP contribution in [0.1, 0.15) is 65.2 Å². The first-order chi connectivity index (χ1) is 8.57. The number of rotatable bonds is 6. The van der Waals surface area contributed by atoms with Crippen LogP contribution in [0.25, 0.3) is 0 Å². The Kier molecular flexibility index (Phi) is 6.13. The zero-order valence-electron chi connectivity index (χ0n) is 12.1. The number of carbonyl (C=O) groups excluding carboxylic acids is 1. The SMILES string of the molecule is CCCCC(C(=O)OC)C1(O)CCCC(CC)C1. The first kappa shape index (κ1) is 15.5. The van der Waals surface area contributed by atoms with Gasteiger partial charge < -0.3 is 9.84 Å². The molecule has 3 heteroatoms. The van der Waals surface area contributed by atoms with Crippen LogP contribution in [0.15, 0.2) is 0 Å². The molecular weight excluding hydrogens is 228 g/mol. The van der Waals surface area contributed by atoms with Crippen LogP contribution in [0.3, 0.4) is 0 Å². The van der Waals surface area contributed by atoms with Crippen molar-refractivity contribution in [2.45, 2.75) is 70.8 Å². The predicted octanol–water partition coefficient (Wildman–Crippen LogP) is 3.30. The van der Waals surface area contributed by atoms with Gasteiger partial charge in [0.25, 0.3) is 0 Å². The number of methoxy groups -OCH3 is 1. The van der Waals surface area contributed by atoms with Crippen LogP contribution < -0.4 is 0 Å². The molecule has 0 spiro atoms. The lowest BCUT2D eigenvalue weighted by Crippen LogP contribution is -2.46. The van der Waals surface area contributed by atoms with E-state index in [0.29, 0.717) is 5.92 Å². The Hall–Kier alpha value is -0.570. The van der Waals surface area contributed by atoms with Gasteiger partial charge in [0.2, 0.25) is 0 Å². The first-order valence-corrected chi connectivity index (χ1v) is 7.37. The lowest BCUT2D eigenvalue weighted by molar-refractivity contribution is -0.160. The first-order valence-electron chi connectivity index (χ1n) is 7.37. The van der Waals surface area contributed by atoms with Gasteiger partial charge in [-0.1, -0.05) is 46.0 Å². The van der Waals surface area contributed by atoms with Gasteiger partial charge in [-0.15, -0.1) is 0 Å². The van der Waals surface area contributed by atoms with Crippen molar-refractivity contribution in [2.75, 3.05) is 7.11 Å². The fourth-order valence-electron chi connectivity index (χ4n) is 3.22. The molecule has 3 atom stereocenters. The fraction of sp³-hybridized carbons (Fsp3) is 0.933. The van der Waals surface area contributed by atoms with E-state index in [1.807, 2.05) is 0 Å². The van der Waals surface area contributed by atoms with Gasteiger partial charge in [0.05, 0.1) is 18.6 Å². The minimum atomic E-state index is -0.832. The van der Waals surface area contributed by atoms with Crippen molar-refractivity contribution in [3.63, 3.8) is 0 Å². The second-order valence-corrected chi connectivity index (χ2v) is 5.69. The number of hydrogen-bond acceptors (Lipinski definition) is 3. The van der Waals surface area contributed by atoms with Gasteiger partial charge in [-0.25, -0.2) is 0 Å². The second kappa shape index (κ2) is 7.13. The molecule has 0 radical (unpaired) electrons. The third-order valence-electron chi connectivity index (χ3n) is 4.42. The Labute approximate surface area is 111 Å². The maximum absolute atomic E-state index is 11.9. The third kappa shape index (κ3) is 3.71. The molecule has 3 nitrogen and oxygen atoms in total. The summed E-state index contributed by atoms with van der Waals surface area (Å²) in [5.74, 6) is -0.0166. The highest BCUT2D eigenvalue weighted by Gasteiger charge is 2.44. The average molecular weight is 256 g/mol. The van der Waals surface area contributed by atoms with Crippen LogP contribution in [0.4, 0.5) is 0 Å². The van der Waals surface area contributed by atoms with Crippen molar-refractivity contribution >= 4 is 5.97 Å². The lowest BCUT2D eigenvalue weighted by atomic mass is 9.69. The molecule has 3 unspecified atom stereocenters. The average Bonchev–Trinajstić information content (AvgIpc) is 2.38. The van der Waals surface area contributed by atoms with Gasteiger partial charge in [0, 0.05) is 0 Å². The monoisotopic (exact) mass is 256 g/mol. The zero-order valence-corrected chi connectivity index (χ0v) is 12.1. The number of esters is 1. The van der Waals surface area contributed by atoms with E-state index >= 15 is 0 Å². The molecule has 0 heterocycles. The molecule has 0 saturated heterocycles. The zero-order chi connectivity index (χ0) is 13.6. The normalized spacial score (nSPS) is 29.9. The van der Waals surface area contributed by atoms with Crippen molar-refractivity contribution < 1.29 is 14.6 Å². The van der Waals surface area contributed by atoms with Crippen LogP contribution in [-0.4, -0.2) is 23.8 Å². The van der Waals surface area contributed by atoms with Crippen LogP contribution in [0.5, 0.6) is 0 Å². The summed E-state index contributed by atoms with van der Waals surface area (Å²) in [6.45, 7) is 4.27. The molecule has 1 fully saturated rings. The van der Waals surface area contributed by atoms with E-state index in [-0.39, 0.29) is 11.9 Å². The molecule has 1 N–H and O–H groups in total. The quantitative estimate of drug-likeness (QED) is 0.742. The van der Waals surface area contributed by atoms with E-state index in [2.05, 4.69) is 13.8 Å². The third-order valence-corrected chi connectivity index (χ3v) is 4.42. The molecule has 0 aromatic carbocycles. The number of hydrogen-bond donors (Lipinski definition) is 1. The Morgan fingerprint density at radius 2 is 2.22 bits per heavy atom. The molecular formula is C15H28O3. The van der Waals surface area contributed by atoms with E-state index in [4.69, 9.17) is 4.74 Å². The van der Waals surface area contributed by atoms with Crippen molar-refractivity contribution in [1.82, 2.24) is 0 Å². The molecule has 18 heavy (non-hydrogen) atoms. The summed E-state index contributed by atoms with van der Waals surface area (Å²) in [6.07, 6.45) is 7.55. The van der Waals surface area contributed by atoms with E-state index in [9.17, 15) is 9.90 Å². The number of aliphatic hydroxyl groups is 1. The number of carbonyl (C=O) groups is 1. The molecule has 0 bridgehead atoms. The molecule has 0 amide bonds. The summed E-state index contributed by atoms with van der Waals surface area (Å²) in [5.41, 5.74) is -0.832. The molecule has 1 rings (SSSR count). The standard InChI is InChI=1S/C15H28O3/c1-4-6-9-13(14(16)18-3)15(17)10-7-8-12(5-2)11-15/h12-13,17H,4-11H2,1-3H3. The predicted molar refractivity (Wildman–Crippen MR) is 72.2 cm³/mol.